The van der Waals surface area contributed by atoms with Crippen LogP contribution in [0.2, 0.25) is 0 Å². The summed E-state index contributed by atoms with van der Waals surface area (Å²) in [6.07, 6.45) is 3.08. The number of nitrogens with zero attached hydrogens (tertiary/aromatic N) is 1. The number of nitrogens with one attached hydrogen (secondary N) is 1. The Morgan fingerprint density at radius 1 is 1.32 bits per heavy atom. The Morgan fingerprint density at radius 2 is 1.84 bits per heavy atom. The van der Waals surface area contributed by atoms with Gasteiger partial charge in [-0.15, -0.1) is 11.3 Å². The van der Waals surface area contributed by atoms with Crippen LogP contribution >= 0.6 is 11.3 Å². The number of thiazole rings is 1. The van der Waals surface area contributed by atoms with Crippen molar-refractivity contribution in [3.05, 3.63) is 11.1 Å². The Kier molecular flexibility index (Phi) is 4.96. The summed E-state index contributed by atoms with van der Waals surface area (Å²) in [6.45, 7) is 9.85. The van der Waals surface area contributed by atoms with Crippen LogP contribution in [0, 0.1) is 0 Å². The summed E-state index contributed by atoms with van der Waals surface area (Å²) in [7, 11) is 0. The summed E-state index contributed by atoms with van der Waals surface area (Å²) >= 11 is 1.48. The van der Waals surface area contributed by atoms with Crippen molar-refractivity contribution < 1.29 is 9.90 Å². The van der Waals surface area contributed by atoms with Crippen LogP contribution in [0.25, 0.3) is 0 Å². The monoisotopic (exact) mass is 284 g/mol. The van der Waals surface area contributed by atoms with Crippen LogP contribution in [0.3, 0.4) is 0 Å². The Labute approximate surface area is 119 Å². The molecule has 0 radical (unpaired) electrons. The second kappa shape index (κ2) is 5.90. The van der Waals surface area contributed by atoms with Gasteiger partial charge >= 0.3 is 5.97 Å². The largest absolute Gasteiger partial charge is 0.481 e. The van der Waals surface area contributed by atoms with E-state index in [4.69, 9.17) is 0 Å². The first-order chi connectivity index (χ1) is 8.81. The number of aliphatic carboxylic acids is 1. The van der Waals surface area contributed by atoms with Crippen molar-refractivity contribution >= 4 is 22.4 Å². The van der Waals surface area contributed by atoms with Gasteiger partial charge in [0.2, 0.25) is 0 Å². The molecule has 0 aliphatic rings. The van der Waals surface area contributed by atoms with Gasteiger partial charge in [0.05, 0.1) is 5.69 Å². The minimum atomic E-state index is -0.941. The molecule has 4 nitrogen and oxygen atoms in total. The van der Waals surface area contributed by atoms with E-state index < -0.39 is 11.4 Å². The van der Waals surface area contributed by atoms with Crippen molar-refractivity contribution in [2.24, 2.45) is 0 Å². The van der Waals surface area contributed by atoms with Crippen LogP contribution in [0.5, 0.6) is 0 Å². The van der Waals surface area contributed by atoms with Gasteiger partial charge in [0.15, 0.2) is 5.13 Å². The topological polar surface area (TPSA) is 62.2 Å². The fourth-order valence-electron chi connectivity index (χ4n) is 1.97. The van der Waals surface area contributed by atoms with E-state index in [2.05, 4.69) is 31.1 Å². The van der Waals surface area contributed by atoms with Crippen LogP contribution in [0.1, 0.15) is 59.6 Å². The lowest BCUT2D eigenvalue weighted by Gasteiger charge is -2.31. The van der Waals surface area contributed by atoms with Crippen molar-refractivity contribution in [1.82, 2.24) is 4.98 Å². The van der Waals surface area contributed by atoms with Gasteiger partial charge in [-0.25, -0.2) is 4.98 Å². The van der Waals surface area contributed by atoms with E-state index in [0.717, 1.165) is 24.4 Å². The minimum Gasteiger partial charge on any atom is -0.481 e. The maximum atomic E-state index is 11.2. The molecule has 0 amide bonds. The molecule has 0 unspecified atom stereocenters. The van der Waals surface area contributed by atoms with E-state index in [0.29, 0.717) is 5.69 Å². The van der Waals surface area contributed by atoms with Gasteiger partial charge in [-0.3, -0.25) is 4.79 Å². The second-order valence-electron chi connectivity index (χ2n) is 5.43. The molecule has 0 spiro atoms. The summed E-state index contributed by atoms with van der Waals surface area (Å²) in [5, 5.41) is 15.4. The van der Waals surface area contributed by atoms with Gasteiger partial charge in [-0.05, 0) is 33.1 Å². The van der Waals surface area contributed by atoms with Crippen LogP contribution < -0.4 is 5.32 Å². The maximum Gasteiger partial charge on any atom is 0.315 e. The van der Waals surface area contributed by atoms with Gasteiger partial charge < -0.3 is 10.4 Å². The molecule has 2 N–H and O–H groups in total. The molecule has 0 aliphatic carbocycles. The lowest BCUT2D eigenvalue weighted by Crippen LogP contribution is -2.36. The Hall–Kier alpha value is -1.10. The Bertz CT molecular complexity index is 428. The van der Waals surface area contributed by atoms with E-state index in [1.54, 1.807) is 13.8 Å². The fourth-order valence-corrected chi connectivity index (χ4v) is 2.97. The van der Waals surface area contributed by atoms with E-state index in [1.165, 1.54) is 11.3 Å². The van der Waals surface area contributed by atoms with E-state index >= 15 is 0 Å². The van der Waals surface area contributed by atoms with E-state index in [9.17, 15) is 9.90 Å². The Balaban J connectivity index is 2.95. The van der Waals surface area contributed by atoms with Crippen LogP contribution in [0.15, 0.2) is 5.38 Å². The number of hydrogen-bond donors (Lipinski definition) is 2. The van der Waals surface area contributed by atoms with Crippen molar-refractivity contribution in [2.75, 3.05) is 5.32 Å². The number of rotatable bonds is 7. The summed E-state index contributed by atoms with van der Waals surface area (Å²) in [5.41, 5.74) is -0.267. The lowest BCUT2D eigenvalue weighted by atomic mass is 9.90. The first kappa shape index (κ1) is 16.0. The molecule has 1 aromatic heterocycles. The Morgan fingerprint density at radius 3 is 2.26 bits per heavy atom. The van der Waals surface area contributed by atoms with Gasteiger partial charge in [0, 0.05) is 10.9 Å². The molecule has 0 aliphatic heterocycles. The predicted molar refractivity (Wildman–Crippen MR) is 80.0 cm³/mol. The third kappa shape index (κ3) is 3.26. The van der Waals surface area contributed by atoms with Gasteiger partial charge in [0.25, 0.3) is 0 Å². The van der Waals surface area contributed by atoms with Crippen LogP contribution in [0.4, 0.5) is 5.13 Å². The third-order valence-electron chi connectivity index (χ3n) is 4.08. The smallest absolute Gasteiger partial charge is 0.315 e. The highest BCUT2D eigenvalue weighted by molar-refractivity contribution is 7.13. The summed E-state index contributed by atoms with van der Waals surface area (Å²) < 4.78 is 0. The molecular formula is C14H24N2O2S. The fraction of sp³-hybridized carbons (Fsp3) is 0.714. The van der Waals surface area contributed by atoms with Crippen molar-refractivity contribution in [3.63, 3.8) is 0 Å². The average molecular weight is 284 g/mol. The second-order valence-corrected chi connectivity index (χ2v) is 6.29. The molecule has 0 saturated heterocycles. The van der Waals surface area contributed by atoms with Crippen LogP contribution in [-0.2, 0) is 10.2 Å². The highest BCUT2D eigenvalue weighted by atomic mass is 32.1. The number of hydrogen-bond acceptors (Lipinski definition) is 4. The molecular weight excluding hydrogens is 260 g/mol. The number of anilines is 1. The van der Waals surface area contributed by atoms with Gasteiger partial charge in [-0.1, -0.05) is 20.8 Å². The molecule has 1 aromatic rings. The first-order valence-corrected chi connectivity index (χ1v) is 7.67. The standard InChI is InChI=1S/C14H24N2O2S/c1-6-14(7-2,8-3)16-12-15-10(9-19-12)13(4,5)11(17)18/h9H,6-8H2,1-5H3,(H,15,16)(H,17,18). The highest BCUT2D eigenvalue weighted by Gasteiger charge is 2.33. The first-order valence-electron chi connectivity index (χ1n) is 6.79. The number of carbonyl (C=O) groups is 1. The number of carboxylic acid groups (broad SMARTS) is 1. The van der Waals surface area contributed by atoms with Crippen molar-refractivity contribution in [3.8, 4) is 0 Å². The predicted octanol–water partition coefficient (Wildman–Crippen LogP) is 3.89. The molecule has 0 bridgehead atoms. The SMILES string of the molecule is CCC(CC)(CC)Nc1nc(C(C)(C)C(=O)O)cs1. The zero-order valence-corrected chi connectivity index (χ0v) is 13.2. The highest BCUT2D eigenvalue weighted by Crippen LogP contribution is 2.31. The molecule has 108 valence electrons. The van der Waals surface area contributed by atoms with E-state index in [1.807, 2.05) is 5.38 Å². The lowest BCUT2D eigenvalue weighted by molar-refractivity contribution is -0.142. The quantitative estimate of drug-likeness (QED) is 0.797. The third-order valence-corrected chi connectivity index (χ3v) is 4.84. The molecule has 1 rings (SSSR count). The van der Waals surface area contributed by atoms with Crippen LogP contribution in [-0.4, -0.2) is 21.6 Å². The summed E-state index contributed by atoms with van der Waals surface area (Å²) in [4.78, 5) is 15.7. The zero-order chi connectivity index (χ0) is 14.7. The summed E-state index contributed by atoms with van der Waals surface area (Å²) in [6, 6.07) is 0. The normalized spacial score (nSPS) is 12.5. The molecule has 1 heterocycles. The summed E-state index contributed by atoms with van der Waals surface area (Å²) in [5.74, 6) is -0.850. The van der Waals surface area contributed by atoms with Crippen molar-refractivity contribution in [2.45, 2.75) is 64.8 Å². The number of carboxylic acids is 1. The molecule has 0 saturated carbocycles. The molecule has 0 aromatic carbocycles. The molecule has 5 heteroatoms. The molecule has 19 heavy (non-hydrogen) atoms. The molecule has 0 atom stereocenters. The van der Waals surface area contributed by atoms with Crippen molar-refractivity contribution in [1.29, 1.82) is 0 Å². The van der Waals surface area contributed by atoms with E-state index in [-0.39, 0.29) is 5.54 Å². The minimum absolute atomic E-state index is 0.0580. The average Bonchev–Trinajstić information content (AvgIpc) is 2.85. The molecule has 0 fully saturated rings. The zero-order valence-electron chi connectivity index (χ0n) is 12.4. The number of aromatic nitrogens is 1. The van der Waals surface area contributed by atoms with Gasteiger partial charge in [-0.2, -0.15) is 0 Å². The maximum absolute atomic E-state index is 11.2. The van der Waals surface area contributed by atoms with Gasteiger partial charge in [0.1, 0.15) is 5.41 Å².